The number of anilines is 1. The standard InChI is InChI=1S/C20H21NO/c1-21(2)18-14-8-12-15-11-7-13-17(19(15)18)20(22-3)16-9-5-4-6-10-16/h4-14,20H,1-3H3. The summed E-state index contributed by atoms with van der Waals surface area (Å²) in [7, 11) is 5.93. The van der Waals surface area contributed by atoms with E-state index < -0.39 is 0 Å². The molecule has 1 atom stereocenters. The molecule has 0 aromatic heterocycles. The van der Waals surface area contributed by atoms with Gasteiger partial charge < -0.3 is 9.64 Å². The number of rotatable bonds is 4. The molecule has 0 N–H and O–H groups in total. The van der Waals surface area contributed by atoms with Crippen LogP contribution in [0.2, 0.25) is 0 Å². The molecular weight excluding hydrogens is 270 g/mol. The molecule has 3 aromatic carbocycles. The van der Waals surface area contributed by atoms with E-state index in [9.17, 15) is 0 Å². The molecule has 1 unspecified atom stereocenters. The zero-order valence-electron chi connectivity index (χ0n) is 13.3. The van der Waals surface area contributed by atoms with Crippen molar-refractivity contribution in [3.05, 3.63) is 77.9 Å². The second kappa shape index (κ2) is 6.20. The molecule has 0 heterocycles. The van der Waals surface area contributed by atoms with Crippen LogP contribution in [0.1, 0.15) is 17.2 Å². The second-order valence-corrected chi connectivity index (χ2v) is 5.64. The maximum atomic E-state index is 5.85. The summed E-state index contributed by atoms with van der Waals surface area (Å²) in [5.74, 6) is 0. The van der Waals surface area contributed by atoms with Crippen LogP contribution in [0.15, 0.2) is 66.7 Å². The van der Waals surface area contributed by atoms with Crippen molar-refractivity contribution in [3.8, 4) is 0 Å². The summed E-state index contributed by atoms with van der Waals surface area (Å²) in [6.45, 7) is 0. The van der Waals surface area contributed by atoms with Gasteiger partial charge in [0.25, 0.3) is 0 Å². The first kappa shape index (κ1) is 14.6. The van der Waals surface area contributed by atoms with E-state index in [-0.39, 0.29) is 6.10 Å². The monoisotopic (exact) mass is 291 g/mol. The van der Waals surface area contributed by atoms with Crippen molar-refractivity contribution in [2.24, 2.45) is 0 Å². The molecule has 0 aliphatic heterocycles. The first-order chi connectivity index (χ1) is 10.7. The van der Waals surface area contributed by atoms with E-state index in [0.717, 1.165) is 0 Å². The molecule has 0 aliphatic rings. The Morgan fingerprint density at radius 2 is 1.50 bits per heavy atom. The van der Waals surface area contributed by atoms with E-state index in [1.54, 1.807) is 7.11 Å². The van der Waals surface area contributed by atoms with Gasteiger partial charge in [-0.3, -0.25) is 0 Å². The van der Waals surface area contributed by atoms with Crippen molar-refractivity contribution >= 4 is 16.5 Å². The molecule has 0 saturated heterocycles. The van der Waals surface area contributed by atoms with E-state index >= 15 is 0 Å². The van der Waals surface area contributed by atoms with Crippen molar-refractivity contribution < 1.29 is 4.74 Å². The molecule has 0 aliphatic carbocycles. The Balaban J connectivity index is 2.26. The zero-order valence-corrected chi connectivity index (χ0v) is 13.3. The van der Waals surface area contributed by atoms with E-state index in [1.807, 2.05) is 6.07 Å². The van der Waals surface area contributed by atoms with Crippen LogP contribution in [-0.4, -0.2) is 21.2 Å². The van der Waals surface area contributed by atoms with Crippen molar-refractivity contribution in [1.82, 2.24) is 0 Å². The van der Waals surface area contributed by atoms with Gasteiger partial charge in [-0.1, -0.05) is 60.7 Å². The number of hydrogen-bond donors (Lipinski definition) is 0. The minimum absolute atomic E-state index is 0.0639. The number of methoxy groups -OCH3 is 1. The average Bonchev–Trinajstić information content (AvgIpc) is 2.56. The summed E-state index contributed by atoms with van der Waals surface area (Å²) in [5, 5.41) is 2.49. The third-order valence-corrected chi connectivity index (χ3v) is 4.02. The average molecular weight is 291 g/mol. The van der Waals surface area contributed by atoms with E-state index in [4.69, 9.17) is 4.74 Å². The quantitative estimate of drug-likeness (QED) is 0.694. The lowest BCUT2D eigenvalue weighted by Crippen LogP contribution is -2.11. The normalized spacial score (nSPS) is 12.3. The SMILES string of the molecule is COC(c1ccccc1)c1cccc2cccc(N(C)C)c12. The fraction of sp³-hybridized carbons (Fsp3) is 0.200. The van der Waals surface area contributed by atoms with Crippen LogP contribution < -0.4 is 4.90 Å². The van der Waals surface area contributed by atoms with E-state index in [1.165, 1.54) is 27.6 Å². The van der Waals surface area contributed by atoms with Crippen LogP contribution in [-0.2, 0) is 4.74 Å². The molecule has 3 rings (SSSR count). The van der Waals surface area contributed by atoms with E-state index in [0.29, 0.717) is 0 Å². The lowest BCUT2D eigenvalue weighted by molar-refractivity contribution is 0.137. The predicted octanol–water partition coefficient (Wildman–Crippen LogP) is 4.64. The molecule has 0 amide bonds. The zero-order chi connectivity index (χ0) is 15.5. The Labute approximate surface area is 132 Å². The van der Waals surface area contributed by atoms with Crippen molar-refractivity contribution in [1.29, 1.82) is 0 Å². The van der Waals surface area contributed by atoms with Gasteiger partial charge in [0, 0.05) is 32.3 Å². The topological polar surface area (TPSA) is 12.5 Å². The van der Waals surface area contributed by atoms with Crippen molar-refractivity contribution in [3.63, 3.8) is 0 Å². The lowest BCUT2D eigenvalue weighted by atomic mass is 9.94. The Bertz CT molecular complexity index is 760. The van der Waals surface area contributed by atoms with Gasteiger partial charge in [-0.05, 0) is 22.6 Å². The number of fused-ring (bicyclic) bond motifs is 1. The van der Waals surface area contributed by atoms with Crippen LogP contribution in [0.5, 0.6) is 0 Å². The third kappa shape index (κ3) is 2.58. The minimum Gasteiger partial charge on any atom is -0.377 e. The summed E-state index contributed by atoms with van der Waals surface area (Å²) in [5.41, 5.74) is 3.59. The molecule has 0 spiro atoms. The molecule has 2 heteroatoms. The van der Waals surface area contributed by atoms with Crippen LogP contribution in [0.3, 0.4) is 0 Å². The Morgan fingerprint density at radius 3 is 2.14 bits per heavy atom. The van der Waals surface area contributed by atoms with Crippen LogP contribution in [0, 0.1) is 0 Å². The maximum Gasteiger partial charge on any atom is 0.108 e. The first-order valence-electron chi connectivity index (χ1n) is 7.49. The van der Waals surface area contributed by atoms with Crippen LogP contribution >= 0.6 is 0 Å². The molecule has 3 aromatic rings. The molecule has 0 saturated carbocycles. The summed E-state index contributed by atoms with van der Waals surface area (Å²) in [6, 6.07) is 23.2. The summed E-state index contributed by atoms with van der Waals surface area (Å²) >= 11 is 0. The Kier molecular flexibility index (Phi) is 4.12. The Morgan fingerprint density at radius 1 is 0.818 bits per heavy atom. The second-order valence-electron chi connectivity index (χ2n) is 5.64. The number of benzene rings is 3. The highest BCUT2D eigenvalue weighted by molar-refractivity contribution is 5.97. The highest BCUT2D eigenvalue weighted by atomic mass is 16.5. The van der Waals surface area contributed by atoms with Crippen molar-refractivity contribution in [2.45, 2.75) is 6.10 Å². The fourth-order valence-corrected chi connectivity index (χ4v) is 3.01. The van der Waals surface area contributed by atoms with Gasteiger partial charge >= 0.3 is 0 Å². The largest absolute Gasteiger partial charge is 0.377 e. The van der Waals surface area contributed by atoms with Gasteiger partial charge in [-0.2, -0.15) is 0 Å². The summed E-state index contributed by atoms with van der Waals surface area (Å²) in [6.07, 6.45) is -0.0639. The molecule has 22 heavy (non-hydrogen) atoms. The predicted molar refractivity (Wildman–Crippen MR) is 93.6 cm³/mol. The molecule has 2 nitrogen and oxygen atoms in total. The maximum absolute atomic E-state index is 5.85. The van der Waals surface area contributed by atoms with Gasteiger partial charge in [0.05, 0.1) is 0 Å². The fourth-order valence-electron chi connectivity index (χ4n) is 3.01. The minimum atomic E-state index is -0.0639. The van der Waals surface area contributed by atoms with Gasteiger partial charge in [-0.15, -0.1) is 0 Å². The highest BCUT2D eigenvalue weighted by Gasteiger charge is 2.18. The molecular formula is C20H21NO. The van der Waals surface area contributed by atoms with Gasteiger partial charge in [0.1, 0.15) is 6.10 Å². The molecule has 0 radical (unpaired) electrons. The summed E-state index contributed by atoms with van der Waals surface area (Å²) in [4.78, 5) is 2.16. The van der Waals surface area contributed by atoms with Gasteiger partial charge in [0.15, 0.2) is 0 Å². The first-order valence-corrected chi connectivity index (χ1v) is 7.49. The number of ether oxygens (including phenoxy) is 1. The highest BCUT2D eigenvalue weighted by Crippen LogP contribution is 2.36. The number of hydrogen-bond acceptors (Lipinski definition) is 2. The summed E-state index contributed by atoms with van der Waals surface area (Å²) < 4.78 is 5.85. The van der Waals surface area contributed by atoms with Crippen molar-refractivity contribution in [2.75, 3.05) is 26.1 Å². The van der Waals surface area contributed by atoms with Crippen LogP contribution in [0.25, 0.3) is 10.8 Å². The smallest absolute Gasteiger partial charge is 0.108 e. The van der Waals surface area contributed by atoms with Crippen LogP contribution in [0.4, 0.5) is 5.69 Å². The van der Waals surface area contributed by atoms with Gasteiger partial charge in [-0.25, -0.2) is 0 Å². The van der Waals surface area contributed by atoms with E-state index in [2.05, 4.69) is 79.7 Å². The molecule has 112 valence electrons. The lowest BCUT2D eigenvalue weighted by Gasteiger charge is -2.22. The third-order valence-electron chi connectivity index (χ3n) is 4.02. The Hall–Kier alpha value is -2.32. The molecule has 0 bridgehead atoms. The van der Waals surface area contributed by atoms with Gasteiger partial charge in [0.2, 0.25) is 0 Å². The molecule has 0 fully saturated rings. The number of nitrogens with zero attached hydrogens (tertiary/aromatic N) is 1.